The molecule has 0 saturated carbocycles. The minimum atomic E-state index is -0.362. The van der Waals surface area contributed by atoms with Crippen LogP contribution >= 0.6 is 0 Å². The zero-order chi connectivity index (χ0) is 19.8. The Labute approximate surface area is 160 Å². The lowest BCUT2D eigenvalue weighted by atomic mass is 10.1. The van der Waals surface area contributed by atoms with Gasteiger partial charge < -0.3 is 5.32 Å². The number of nitrogens with zero attached hydrogens (tertiary/aromatic N) is 3. The van der Waals surface area contributed by atoms with Crippen LogP contribution in [0.2, 0.25) is 0 Å². The molecule has 0 fully saturated rings. The zero-order valence-corrected chi connectivity index (χ0v) is 15.5. The highest BCUT2D eigenvalue weighted by molar-refractivity contribution is 5.97. The number of aryl methyl sites for hydroxylation is 1. The highest BCUT2D eigenvalue weighted by Crippen LogP contribution is 2.15. The molecule has 2 aromatic heterocycles. The van der Waals surface area contributed by atoms with E-state index in [0.717, 1.165) is 5.69 Å². The van der Waals surface area contributed by atoms with E-state index in [-0.39, 0.29) is 23.8 Å². The fourth-order valence-electron chi connectivity index (χ4n) is 3.26. The van der Waals surface area contributed by atoms with Gasteiger partial charge in [-0.3, -0.25) is 19.0 Å². The molecule has 4 rings (SSSR count). The van der Waals surface area contributed by atoms with Crippen LogP contribution in [0.5, 0.6) is 0 Å². The maximum atomic E-state index is 13.0. The first-order chi connectivity index (χ1) is 13.4. The first-order valence-electron chi connectivity index (χ1n) is 8.83. The standard InChI is InChI=1S/C21H18N4O3/c1-13-10-20-24(21(28)17-8-3-4-9-18(17)25(20)23-13)12-19(27)22-16-7-5-6-15(11-16)14(2)26/h3-11H,12H2,1-2H3,(H,22,27). The Balaban J connectivity index is 1.74. The molecule has 0 bridgehead atoms. The zero-order valence-electron chi connectivity index (χ0n) is 15.5. The Bertz CT molecular complexity index is 1300. The smallest absolute Gasteiger partial charge is 0.262 e. The number of hydrogen-bond acceptors (Lipinski definition) is 4. The fourth-order valence-corrected chi connectivity index (χ4v) is 3.26. The van der Waals surface area contributed by atoms with E-state index in [0.29, 0.717) is 27.8 Å². The van der Waals surface area contributed by atoms with Crippen LogP contribution in [0.1, 0.15) is 23.0 Å². The van der Waals surface area contributed by atoms with Crippen LogP contribution in [0.25, 0.3) is 16.6 Å². The van der Waals surface area contributed by atoms with Crippen molar-refractivity contribution in [3.63, 3.8) is 0 Å². The number of hydrogen-bond donors (Lipinski definition) is 1. The summed E-state index contributed by atoms with van der Waals surface area (Å²) in [6, 6.07) is 15.6. The topological polar surface area (TPSA) is 85.5 Å². The second-order valence-corrected chi connectivity index (χ2v) is 6.65. The van der Waals surface area contributed by atoms with Crippen LogP contribution in [-0.4, -0.2) is 25.9 Å². The van der Waals surface area contributed by atoms with E-state index in [9.17, 15) is 14.4 Å². The predicted molar refractivity (Wildman–Crippen MR) is 107 cm³/mol. The van der Waals surface area contributed by atoms with E-state index in [4.69, 9.17) is 0 Å². The lowest BCUT2D eigenvalue weighted by molar-refractivity contribution is -0.116. The number of benzene rings is 2. The SMILES string of the molecule is CC(=O)c1cccc(NC(=O)Cn2c(=O)c3ccccc3n3nc(C)cc23)c1. The lowest BCUT2D eigenvalue weighted by Gasteiger charge is -2.11. The van der Waals surface area contributed by atoms with Gasteiger partial charge in [-0.25, -0.2) is 4.52 Å². The van der Waals surface area contributed by atoms with Gasteiger partial charge in [0, 0.05) is 17.3 Å². The number of anilines is 1. The average Bonchev–Trinajstić information content (AvgIpc) is 3.07. The number of carbonyl (C=O) groups excluding carboxylic acids is 2. The van der Waals surface area contributed by atoms with Gasteiger partial charge in [-0.1, -0.05) is 24.3 Å². The van der Waals surface area contributed by atoms with Gasteiger partial charge in [0.15, 0.2) is 5.78 Å². The number of Topliss-reactive ketones (excluding diaryl/α,β-unsaturated/α-hetero) is 1. The molecule has 0 spiro atoms. The second kappa shape index (κ2) is 6.77. The van der Waals surface area contributed by atoms with Gasteiger partial charge in [-0.2, -0.15) is 5.10 Å². The molecule has 0 atom stereocenters. The fraction of sp³-hybridized carbons (Fsp3) is 0.143. The Morgan fingerprint density at radius 2 is 1.86 bits per heavy atom. The minimum absolute atomic E-state index is 0.0849. The molecule has 2 heterocycles. The van der Waals surface area contributed by atoms with Crippen LogP contribution in [0.15, 0.2) is 59.4 Å². The van der Waals surface area contributed by atoms with Gasteiger partial charge in [0.05, 0.1) is 16.6 Å². The number of aromatic nitrogens is 3. The van der Waals surface area contributed by atoms with Crippen molar-refractivity contribution in [2.75, 3.05) is 5.32 Å². The van der Waals surface area contributed by atoms with E-state index in [1.165, 1.54) is 11.5 Å². The molecule has 0 aliphatic rings. The number of nitrogens with one attached hydrogen (secondary N) is 1. The number of fused-ring (bicyclic) bond motifs is 3. The second-order valence-electron chi connectivity index (χ2n) is 6.65. The van der Waals surface area contributed by atoms with E-state index >= 15 is 0 Å². The summed E-state index contributed by atoms with van der Waals surface area (Å²) in [6.07, 6.45) is 0. The van der Waals surface area contributed by atoms with Crippen molar-refractivity contribution in [2.24, 2.45) is 0 Å². The van der Waals surface area contributed by atoms with Gasteiger partial charge in [0.2, 0.25) is 5.91 Å². The minimum Gasteiger partial charge on any atom is -0.325 e. The molecular formula is C21H18N4O3. The molecule has 7 heteroatoms. The van der Waals surface area contributed by atoms with E-state index in [1.807, 2.05) is 19.1 Å². The number of rotatable bonds is 4. The van der Waals surface area contributed by atoms with Gasteiger partial charge in [-0.15, -0.1) is 0 Å². The molecule has 0 unspecified atom stereocenters. The van der Waals surface area contributed by atoms with Crippen LogP contribution < -0.4 is 10.9 Å². The third-order valence-electron chi connectivity index (χ3n) is 4.55. The van der Waals surface area contributed by atoms with Crippen molar-refractivity contribution in [3.8, 4) is 0 Å². The summed E-state index contributed by atoms with van der Waals surface area (Å²) in [5.41, 5.74) is 2.76. The number of ketones is 1. The summed E-state index contributed by atoms with van der Waals surface area (Å²) < 4.78 is 3.09. The number of carbonyl (C=O) groups is 2. The molecule has 7 nitrogen and oxygen atoms in total. The Morgan fingerprint density at radius 1 is 1.07 bits per heavy atom. The molecule has 0 saturated heterocycles. The highest BCUT2D eigenvalue weighted by Gasteiger charge is 2.15. The molecule has 0 radical (unpaired) electrons. The van der Waals surface area contributed by atoms with Crippen LogP contribution in [0.4, 0.5) is 5.69 Å². The first kappa shape index (κ1) is 17.7. The summed E-state index contributed by atoms with van der Waals surface area (Å²) in [6.45, 7) is 3.14. The molecule has 140 valence electrons. The summed E-state index contributed by atoms with van der Waals surface area (Å²) in [4.78, 5) is 37.1. The maximum Gasteiger partial charge on any atom is 0.262 e. The monoisotopic (exact) mass is 374 g/mol. The Kier molecular flexibility index (Phi) is 4.27. The molecule has 28 heavy (non-hydrogen) atoms. The summed E-state index contributed by atoms with van der Waals surface area (Å²) in [7, 11) is 0. The van der Waals surface area contributed by atoms with Crippen molar-refractivity contribution < 1.29 is 9.59 Å². The Hall–Kier alpha value is -3.74. The lowest BCUT2D eigenvalue weighted by Crippen LogP contribution is -2.29. The Morgan fingerprint density at radius 3 is 2.64 bits per heavy atom. The quantitative estimate of drug-likeness (QED) is 0.557. The van der Waals surface area contributed by atoms with Crippen LogP contribution in [0, 0.1) is 6.92 Å². The molecule has 4 aromatic rings. The van der Waals surface area contributed by atoms with E-state index < -0.39 is 0 Å². The predicted octanol–water partition coefficient (Wildman–Crippen LogP) is 2.80. The summed E-state index contributed by atoms with van der Waals surface area (Å²) >= 11 is 0. The molecule has 0 aliphatic carbocycles. The summed E-state index contributed by atoms with van der Waals surface area (Å²) in [5, 5.41) is 7.70. The third kappa shape index (κ3) is 3.07. The van der Waals surface area contributed by atoms with Crippen LogP contribution in [-0.2, 0) is 11.3 Å². The van der Waals surface area contributed by atoms with Crippen molar-refractivity contribution >= 4 is 33.9 Å². The van der Waals surface area contributed by atoms with Gasteiger partial charge >= 0.3 is 0 Å². The average molecular weight is 374 g/mol. The van der Waals surface area contributed by atoms with E-state index in [1.54, 1.807) is 47.0 Å². The number of para-hydroxylation sites is 1. The highest BCUT2D eigenvalue weighted by atomic mass is 16.2. The third-order valence-corrected chi connectivity index (χ3v) is 4.55. The van der Waals surface area contributed by atoms with Crippen molar-refractivity contribution in [3.05, 3.63) is 76.2 Å². The molecular weight excluding hydrogens is 356 g/mol. The normalized spacial score (nSPS) is 11.1. The van der Waals surface area contributed by atoms with Crippen LogP contribution in [0.3, 0.4) is 0 Å². The van der Waals surface area contributed by atoms with Crippen molar-refractivity contribution in [1.29, 1.82) is 0 Å². The van der Waals surface area contributed by atoms with E-state index in [2.05, 4.69) is 10.4 Å². The molecule has 1 N–H and O–H groups in total. The number of amides is 1. The maximum absolute atomic E-state index is 13.0. The first-order valence-corrected chi connectivity index (χ1v) is 8.83. The molecule has 0 aliphatic heterocycles. The van der Waals surface area contributed by atoms with Gasteiger partial charge in [0.1, 0.15) is 12.2 Å². The van der Waals surface area contributed by atoms with Crippen molar-refractivity contribution in [1.82, 2.24) is 14.2 Å². The summed E-state index contributed by atoms with van der Waals surface area (Å²) in [5.74, 6) is -0.447. The molecule has 1 amide bonds. The largest absolute Gasteiger partial charge is 0.325 e. The van der Waals surface area contributed by atoms with Crippen molar-refractivity contribution in [2.45, 2.75) is 20.4 Å². The molecule has 2 aromatic carbocycles. The van der Waals surface area contributed by atoms with Gasteiger partial charge in [0.25, 0.3) is 5.56 Å². The van der Waals surface area contributed by atoms with Gasteiger partial charge in [-0.05, 0) is 38.1 Å².